The number of amides is 2. The molecule has 1 aromatic carbocycles. The zero-order chi connectivity index (χ0) is 13.1. The van der Waals surface area contributed by atoms with E-state index in [0.717, 1.165) is 0 Å². The molecule has 1 heterocycles. The standard InChI is InChI=1S/C14H16N2O2/c1-3-9-16-12-8-6-5-7-10(12)13(17)15-11(4-2)14(16)18/h3,5-8,11H,1,4,9H2,2H3,(H,15,17). The van der Waals surface area contributed by atoms with Crippen molar-refractivity contribution in [1.29, 1.82) is 0 Å². The molecule has 4 heteroatoms. The second-order valence-electron chi connectivity index (χ2n) is 4.19. The minimum Gasteiger partial charge on any atom is -0.340 e. The SMILES string of the molecule is C=CCN1C(=O)C(CC)NC(=O)c2ccccc21. The van der Waals surface area contributed by atoms with E-state index >= 15 is 0 Å². The van der Waals surface area contributed by atoms with Crippen molar-refractivity contribution < 1.29 is 9.59 Å². The number of para-hydroxylation sites is 1. The highest BCUT2D eigenvalue weighted by atomic mass is 16.2. The number of carbonyl (C=O) groups excluding carboxylic acids is 2. The lowest BCUT2D eigenvalue weighted by Gasteiger charge is -2.23. The Morgan fingerprint density at radius 2 is 2.11 bits per heavy atom. The largest absolute Gasteiger partial charge is 0.340 e. The van der Waals surface area contributed by atoms with E-state index in [-0.39, 0.29) is 11.8 Å². The van der Waals surface area contributed by atoms with Gasteiger partial charge in [0.15, 0.2) is 0 Å². The Balaban J connectivity index is 2.53. The van der Waals surface area contributed by atoms with Gasteiger partial charge in [-0.2, -0.15) is 0 Å². The first-order valence-electron chi connectivity index (χ1n) is 6.01. The first-order chi connectivity index (χ1) is 8.69. The molecule has 1 aliphatic heterocycles. The van der Waals surface area contributed by atoms with Crippen LogP contribution in [0.25, 0.3) is 0 Å². The number of carbonyl (C=O) groups is 2. The highest BCUT2D eigenvalue weighted by Gasteiger charge is 2.31. The number of hydrogen-bond donors (Lipinski definition) is 1. The number of rotatable bonds is 3. The molecule has 1 N–H and O–H groups in total. The van der Waals surface area contributed by atoms with Crippen LogP contribution in [0.1, 0.15) is 23.7 Å². The number of hydrogen-bond acceptors (Lipinski definition) is 2. The average molecular weight is 244 g/mol. The van der Waals surface area contributed by atoms with Crippen molar-refractivity contribution in [3.63, 3.8) is 0 Å². The molecule has 1 aromatic rings. The van der Waals surface area contributed by atoms with Gasteiger partial charge in [0, 0.05) is 6.54 Å². The molecule has 18 heavy (non-hydrogen) atoms. The van der Waals surface area contributed by atoms with Crippen molar-refractivity contribution in [2.45, 2.75) is 19.4 Å². The number of nitrogens with one attached hydrogen (secondary N) is 1. The summed E-state index contributed by atoms with van der Waals surface area (Å²) in [6.45, 7) is 5.95. The minimum absolute atomic E-state index is 0.0873. The van der Waals surface area contributed by atoms with Crippen LogP contribution >= 0.6 is 0 Å². The lowest BCUT2D eigenvalue weighted by molar-refractivity contribution is -0.120. The van der Waals surface area contributed by atoms with E-state index in [1.54, 1.807) is 29.2 Å². The van der Waals surface area contributed by atoms with Crippen molar-refractivity contribution in [3.05, 3.63) is 42.5 Å². The van der Waals surface area contributed by atoms with Crippen molar-refractivity contribution in [1.82, 2.24) is 5.32 Å². The van der Waals surface area contributed by atoms with Crippen LogP contribution in [0.5, 0.6) is 0 Å². The second-order valence-corrected chi connectivity index (χ2v) is 4.19. The fraction of sp³-hybridized carbons (Fsp3) is 0.286. The summed E-state index contributed by atoms with van der Waals surface area (Å²) in [7, 11) is 0. The third kappa shape index (κ3) is 2.01. The molecule has 1 aliphatic rings. The van der Waals surface area contributed by atoms with E-state index in [4.69, 9.17) is 0 Å². The maximum absolute atomic E-state index is 12.3. The zero-order valence-electron chi connectivity index (χ0n) is 10.3. The molecule has 1 unspecified atom stereocenters. The lowest BCUT2D eigenvalue weighted by Crippen LogP contribution is -2.45. The highest BCUT2D eigenvalue weighted by molar-refractivity contribution is 6.11. The van der Waals surface area contributed by atoms with Crippen LogP contribution in [0.2, 0.25) is 0 Å². The van der Waals surface area contributed by atoms with Gasteiger partial charge in [-0.25, -0.2) is 0 Å². The molecule has 0 fully saturated rings. The average Bonchev–Trinajstić information content (AvgIpc) is 2.49. The molecule has 0 saturated heterocycles. The fourth-order valence-electron chi connectivity index (χ4n) is 2.10. The maximum atomic E-state index is 12.3. The van der Waals surface area contributed by atoms with Gasteiger partial charge in [-0.1, -0.05) is 25.1 Å². The van der Waals surface area contributed by atoms with Gasteiger partial charge in [0.05, 0.1) is 11.3 Å². The van der Waals surface area contributed by atoms with Crippen LogP contribution in [0.4, 0.5) is 5.69 Å². The molecule has 0 bridgehead atoms. The van der Waals surface area contributed by atoms with Gasteiger partial charge in [-0.3, -0.25) is 9.59 Å². The van der Waals surface area contributed by atoms with Crippen LogP contribution in [-0.4, -0.2) is 24.4 Å². The molecule has 94 valence electrons. The molecule has 0 radical (unpaired) electrons. The lowest BCUT2D eigenvalue weighted by atomic mass is 10.1. The number of benzene rings is 1. The van der Waals surface area contributed by atoms with E-state index in [2.05, 4.69) is 11.9 Å². The Kier molecular flexibility index (Phi) is 3.46. The van der Waals surface area contributed by atoms with Crippen molar-refractivity contribution in [2.24, 2.45) is 0 Å². The second kappa shape index (κ2) is 5.04. The van der Waals surface area contributed by atoms with Crippen molar-refractivity contribution in [2.75, 3.05) is 11.4 Å². The first kappa shape index (κ1) is 12.4. The quantitative estimate of drug-likeness (QED) is 0.823. The van der Waals surface area contributed by atoms with Gasteiger partial charge in [0.1, 0.15) is 6.04 Å². The topological polar surface area (TPSA) is 49.4 Å². The fourth-order valence-corrected chi connectivity index (χ4v) is 2.10. The van der Waals surface area contributed by atoms with Gasteiger partial charge in [-0.05, 0) is 18.6 Å². The number of anilines is 1. The third-order valence-electron chi connectivity index (χ3n) is 3.03. The summed E-state index contributed by atoms with van der Waals surface area (Å²) in [6, 6.07) is 6.66. The molecular formula is C14H16N2O2. The summed E-state index contributed by atoms with van der Waals surface area (Å²) < 4.78 is 0. The molecule has 0 spiro atoms. The Hall–Kier alpha value is -2.10. The molecular weight excluding hydrogens is 228 g/mol. The highest BCUT2D eigenvalue weighted by Crippen LogP contribution is 2.24. The van der Waals surface area contributed by atoms with Crippen LogP contribution in [0, 0.1) is 0 Å². The predicted octanol–water partition coefficient (Wildman–Crippen LogP) is 1.73. The third-order valence-corrected chi connectivity index (χ3v) is 3.03. The number of nitrogens with zero attached hydrogens (tertiary/aromatic N) is 1. The van der Waals surface area contributed by atoms with Gasteiger partial charge in [0.25, 0.3) is 5.91 Å². The zero-order valence-corrected chi connectivity index (χ0v) is 10.3. The summed E-state index contributed by atoms with van der Waals surface area (Å²) in [4.78, 5) is 26.0. The summed E-state index contributed by atoms with van der Waals surface area (Å²) in [5, 5.41) is 2.76. The van der Waals surface area contributed by atoms with Crippen LogP contribution in [0.3, 0.4) is 0 Å². The van der Waals surface area contributed by atoms with Gasteiger partial charge in [0.2, 0.25) is 5.91 Å². The molecule has 4 nitrogen and oxygen atoms in total. The van der Waals surface area contributed by atoms with Gasteiger partial charge in [-0.15, -0.1) is 6.58 Å². The molecule has 0 aliphatic carbocycles. The molecule has 1 atom stereocenters. The molecule has 2 rings (SSSR count). The van der Waals surface area contributed by atoms with Crippen LogP contribution in [-0.2, 0) is 4.79 Å². The molecule has 2 amide bonds. The Morgan fingerprint density at radius 3 is 2.78 bits per heavy atom. The predicted molar refractivity (Wildman–Crippen MR) is 70.5 cm³/mol. The normalized spacial score (nSPS) is 18.9. The molecule has 0 saturated carbocycles. The van der Waals surface area contributed by atoms with E-state index in [1.165, 1.54) is 0 Å². The smallest absolute Gasteiger partial charge is 0.254 e. The summed E-state index contributed by atoms with van der Waals surface area (Å²) in [5.41, 5.74) is 1.18. The first-order valence-corrected chi connectivity index (χ1v) is 6.01. The van der Waals surface area contributed by atoms with E-state index in [0.29, 0.717) is 24.2 Å². The summed E-state index contributed by atoms with van der Waals surface area (Å²) in [5.74, 6) is -0.284. The van der Waals surface area contributed by atoms with Crippen LogP contribution < -0.4 is 10.2 Å². The Morgan fingerprint density at radius 1 is 1.39 bits per heavy atom. The van der Waals surface area contributed by atoms with Gasteiger partial charge >= 0.3 is 0 Å². The van der Waals surface area contributed by atoms with E-state index < -0.39 is 6.04 Å². The van der Waals surface area contributed by atoms with Crippen molar-refractivity contribution >= 4 is 17.5 Å². The van der Waals surface area contributed by atoms with Crippen LogP contribution in [0.15, 0.2) is 36.9 Å². The van der Waals surface area contributed by atoms with Gasteiger partial charge < -0.3 is 10.2 Å². The molecule has 0 aromatic heterocycles. The minimum atomic E-state index is -0.468. The summed E-state index contributed by atoms with van der Waals surface area (Å²) >= 11 is 0. The van der Waals surface area contributed by atoms with E-state index in [1.807, 2.05) is 13.0 Å². The monoisotopic (exact) mass is 244 g/mol. The Bertz CT molecular complexity index is 496. The number of fused-ring (bicyclic) bond motifs is 1. The Labute approximate surface area is 106 Å². The van der Waals surface area contributed by atoms with Crippen molar-refractivity contribution in [3.8, 4) is 0 Å². The summed E-state index contributed by atoms with van der Waals surface area (Å²) in [6.07, 6.45) is 2.24. The maximum Gasteiger partial charge on any atom is 0.254 e. The van der Waals surface area contributed by atoms with E-state index in [9.17, 15) is 9.59 Å².